The first-order valence-electron chi connectivity index (χ1n) is 6.83. The van der Waals surface area contributed by atoms with Crippen molar-refractivity contribution in [1.29, 1.82) is 0 Å². The van der Waals surface area contributed by atoms with Crippen LogP contribution in [0.1, 0.15) is 35.2 Å². The van der Waals surface area contributed by atoms with Gasteiger partial charge in [-0.15, -0.1) is 11.3 Å². The fourth-order valence-corrected chi connectivity index (χ4v) is 3.59. The summed E-state index contributed by atoms with van der Waals surface area (Å²) in [5.41, 5.74) is 2.35. The lowest BCUT2D eigenvalue weighted by molar-refractivity contribution is 0.940. The number of hydrogen-bond donors (Lipinski definition) is 1. The Morgan fingerprint density at radius 3 is 3.10 bits per heavy atom. The average molecular weight is 306 g/mol. The van der Waals surface area contributed by atoms with Gasteiger partial charge in [0.1, 0.15) is 17.2 Å². The third kappa shape index (κ3) is 3.70. The Balaban J connectivity index is 1.50. The summed E-state index contributed by atoms with van der Waals surface area (Å²) in [6.45, 7) is 0.865. The molecule has 0 bridgehead atoms. The number of aromatic nitrogens is 3. The minimum Gasteiger partial charge on any atom is -0.370 e. The zero-order valence-corrected chi connectivity index (χ0v) is 13.1. The second-order valence-electron chi connectivity index (χ2n) is 4.94. The molecule has 1 fully saturated rings. The largest absolute Gasteiger partial charge is 0.370 e. The zero-order chi connectivity index (χ0) is 13.8. The summed E-state index contributed by atoms with van der Waals surface area (Å²) in [5, 5.41) is 6.73. The minimum absolute atomic E-state index is 0.672. The maximum absolute atomic E-state index is 4.61. The lowest BCUT2D eigenvalue weighted by atomic mass is 10.3. The van der Waals surface area contributed by atoms with Crippen LogP contribution in [0.2, 0.25) is 0 Å². The van der Waals surface area contributed by atoms with Crippen LogP contribution in [-0.4, -0.2) is 27.8 Å². The number of anilines is 1. The average Bonchev–Trinajstić information content (AvgIpc) is 3.22. The van der Waals surface area contributed by atoms with Gasteiger partial charge in [0.2, 0.25) is 0 Å². The molecule has 0 amide bonds. The molecule has 6 heteroatoms. The molecule has 0 saturated heterocycles. The Bertz CT molecular complexity index is 566. The van der Waals surface area contributed by atoms with Crippen LogP contribution in [0.4, 0.5) is 5.82 Å². The summed E-state index contributed by atoms with van der Waals surface area (Å²) in [7, 11) is 0. The molecule has 0 aromatic carbocycles. The van der Waals surface area contributed by atoms with Gasteiger partial charge in [-0.2, -0.15) is 11.8 Å². The maximum Gasteiger partial charge on any atom is 0.129 e. The van der Waals surface area contributed by atoms with Gasteiger partial charge in [-0.1, -0.05) is 0 Å². The van der Waals surface area contributed by atoms with Gasteiger partial charge in [-0.3, -0.25) is 0 Å². The Kier molecular flexibility index (Phi) is 4.52. The van der Waals surface area contributed by atoms with E-state index in [9.17, 15) is 0 Å². The molecule has 2 aromatic heterocycles. The molecular formula is C14H18N4S2. The molecule has 2 heterocycles. The Labute approximate surface area is 127 Å². The molecule has 2 aromatic rings. The van der Waals surface area contributed by atoms with E-state index in [1.54, 1.807) is 17.7 Å². The molecule has 0 unspecified atom stereocenters. The maximum atomic E-state index is 4.61. The highest BCUT2D eigenvalue weighted by Crippen LogP contribution is 2.39. The van der Waals surface area contributed by atoms with Gasteiger partial charge in [-0.05, 0) is 19.1 Å². The van der Waals surface area contributed by atoms with E-state index in [1.807, 2.05) is 11.8 Å². The molecule has 1 saturated carbocycles. The number of rotatable bonds is 7. The number of thioether (sulfide) groups is 1. The molecule has 20 heavy (non-hydrogen) atoms. The van der Waals surface area contributed by atoms with Crippen molar-refractivity contribution in [3.8, 4) is 0 Å². The molecule has 0 atom stereocenters. The second kappa shape index (κ2) is 6.54. The van der Waals surface area contributed by atoms with E-state index < -0.39 is 0 Å². The first-order valence-corrected chi connectivity index (χ1v) is 9.10. The highest BCUT2D eigenvalue weighted by atomic mass is 32.2. The highest BCUT2D eigenvalue weighted by Gasteiger charge is 2.25. The van der Waals surface area contributed by atoms with Gasteiger partial charge in [0.15, 0.2) is 0 Å². The van der Waals surface area contributed by atoms with E-state index in [4.69, 9.17) is 0 Å². The first kappa shape index (κ1) is 13.8. The summed E-state index contributed by atoms with van der Waals surface area (Å²) in [4.78, 5) is 13.2. The van der Waals surface area contributed by atoms with Crippen molar-refractivity contribution in [3.05, 3.63) is 34.2 Å². The van der Waals surface area contributed by atoms with Gasteiger partial charge >= 0.3 is 0 Å². The Hall–Kier alpha value is -1.14. The summed E-state index contributed by atoms with van der Waals surface area (Å²) in [5.74, 6) is 2.61. The van der Waals surface area contributed by atoms with Crippen molar-refractivity contribution in [2.24, 2.45) is 0 Å². The summed E-state index contributed by atoms with van der Waals surface area (Å²) in [6, 6.07) is 2.08. The van der Waals surface area contributed by atoms with Crippen LogP contribution in [0.5, 0.6) is 0 Å². The van der Waals surface area contributed by atoms with Crippen LogP contribution in [-0.2, 0) is 12.2 Å². The van der Waals surface area contributed by atoms with Crippen LogP contribution in [0.25, 0.3) is 0 Å². The van der Waals surface area contributed by atoms with Crippen LogP contribution >= 0.6 is 23.1 Å². The molecule has 0 radical (unpaired) electrons. The van der Waals surface area contributed by atoms with Gasteiger partial charge in [0.05, 0.1) is 5.69 Å². The van der Waals surface area contributed by atoms with Crippen molar-refractivity contribution in [3.63, 3.8) is 0 Å². The fraction of sp³-hybridized carbons (Fsp3) is 0.500. The van der Waals surface area contributed by atoms with E-state index in [-0.39, 0.29) is 0 Å². The van der Waals surface area contributed by atoms with Crippen molar-refractivity contribution in [2.75, 3.05) is 18.1 Å². The van der Waals surface area contributed by atoms with E-state index >= 15 is 0 Å². The minimum atomic E-state index is 0.672. The highest BCUT2D eigenvalue weighted by molar-refractivity contribution is 7.97. The molecule has 3 rings (SSSR count). The molecule has 0 spiro atoms. The molecule has 106 valence electrons. The Morgan fingerprint density at radius 1 is 1.40 bits per heavy atom. The standard InChI is InChI=1S/C14H18N4S2/c1-19-8-14-18-11(7-20-14)4-5-15-13-6-12(10-2-3-10)16-9-17-13/h6-7,9-10H,2-5,8H2,1H3,(H,15,16,17). The predicted octanol–water partition coefficient (Wildman–Crippen LogP) is 3.33. The fourth-order valence-electron chi connectivity index (χ4n) is 2.04. The van der Waals surface area contributed by atoms with E-state index in [1.165, 1.54) is 29.2 Å². The Morgan fingerprint density at radius 2 is 2.30 bits per heavy atom. The monoisotopic (exact) mass is 306 g/mol. The van der Waals surface area contributed by atoms with Crippen LogP contribution < -0.4 is 5.32 Å². The van der Waals surface area contributed by atoms with Gasteiger partial charge in [-0.25, -0.2) is 15.0 Å². The van der Waals surface area contributed by atoms with E-state index in [2.05, 4.69) is 38.0 Å². The third-order valence-corrected chi connectivity index (χ3v) is 4.88. The SMILES string of the molecule is CSCc1nc(CCNc2cc(C3CC3)ncn2)cs1. The lowest BCUT2D eigenvalue weighted by Gasteiger charge is -2.05. The molecule has 1 aliphatic carbocycles. The first-order chi connectivity index (χ1) is 9.85. The zero-order valence-electron chi connectivity index (χ0n) is 11.5. The third-order valence-electron chi connectivity index (χ3n) is 3.24. The van der Waals surface area contributed by atoms with Crippen LogP contribution in [0.3, 0.4) is 0 Å². The van der Waals surface area contributed by atoms with Crippen molar-refractivity contribution in [1.82, 2.24) is 15.0 Å². The van der Waals surface area contributed by atoms with E-state index in [0.717, 1.165) is 24.5 Å². The van der Waals surface area contributed by atoms with Gasteiger partial charge < -0.3 is 5.32 Å². The number of hydrogen-bond acceptors (Lipinski definition) is 6. The van der Waals surface area contributed by atoms with Crippen molar-refractivity contribution < 1.29 is 0 Å². The van der Waals surface area contributed by atoms with Gasteiger partial charge in [0, 0.05) is 41.8 Å². The number of thiazole rings is 1. The summed E-state index contributed by atoms with van der Waals surface area (Å²) < 4.78 is 0. The van der Waals surface area contributed by atoms with Crippen LogP contribution in [0.15, 0.2) is 17.8 Å². The summed E-state index contributed by atoms with van der Waals surface area (Å²) in [6.07, 6.45) is 7.25. The smallest absolute Gasteiger partial charge is 0.129 e. The van der Waals surface area contributed by atoms with Gasteiger partial charge in [0.25, 0.3) is 0 Å². The molecule has 4 nitrogen and oxygen atoms in total. The quantitative estimate of drug-likeness (QED) is 0.850. The number of nitrogens with one attached hydrogen (secondary N) is 1. The lowest BCUT2D eigenvalue weighted by Crippen LogP contribution is -2.07. The van der Waals surface area contributed by atoms with Crippen molar-refractivity contribution in [2.45, 2.75) is 30.9 Å². The molecular weight excluding hydrogens is 288 g/mol. The molecule has 0 aliphatic heterocycles. The normalized spacial score (nSPS) is 14.4. The number of nitrogens with zero attached hydrogens (tertiary/aromatic N) is 3. The van der Waals surface area contributed by atoms with Crippen molar-refractivity contribution >= 4 is 28.9 Å². The van der Waals surface area contributed by atoms with E-state index in [0.29, 0.717) is 5.92 Å². The second-order valence-corrected chi connectivity index (χ2v) is 6.75. The van der Waals surface area contributed by atoms with Crippen LogP contribution in [0, 0.1) is 0 Å². The molecule has 1 N–H and O–H groups in total. The molecule has 1 aliphatic rings. The topological polar surface area (TPSA) is 50.7 Å². The predicted molar refractivity (Wildman–Crippen MR) is 85.5 cm³/mol. The summed E-state index contributed by atoms with van der Waals surface area (Å²) >= 11 is 3.56.